The predicted octanol–water partition coefficient (Wildman–Crippen LogP) is 3.94. The van der Waals surface area contributed by atoms with Crippen molar-refractivity contribution in [2.75, 3.05) is 19.0 Å². The quantitative estimate of drug-likeness (QED) is 0.331. The maximum atomic E-state index is 13.1. The van der Waals surface area contributed by atoms with Gasteiger partial charge in [0.1, 0.15) is 23.7 Å². The second-order valence-corrected chi connectivity index (χ2v) is 8.58. The molecule has 5 amide bonds. The minimum atomic E-state index is -0.746. The third-order valence-corrected chi connectivity index (χ3v) is 5.84. The third-order valence-electron chi connectivity index (χ3n) is 5.84. The molecule has 9 nitrogen and oxygen atoms in total. The van der Waals surface area contributed by atoms with Gasteiger partial charge in [-0.3, -0.25) is 24.6 Å². The maximum absolute atomic E-state index is 13.1. The third kappa shape index (κ3) is 6.44. The van der Waals surface area contributed by atoms with Gasteiger partial charge in [-0.15, -0.1) is 0 Å². The van der Waals surface area contributed by atoms with Crippen LogP contribution in [0.2, 0.25) is 0 Å². The average molecular weight is 514 g/mol. The van der Waals surface area contributed by atoms with E-state index in [1.165, 1.54) is 20.1 Å². The Morgan fingerprint density at radius 1 is 1.00 bits per heavy atom. The van der Waals surface area contributed by atoms with Crippen LogP contribution in [0, 0.1) is 0 Å². The molecular weight excluding hydrogens is 486 g/mol. The van der Waals surface area contributed by atoms with Gasteiger partial charge >= 0.3 is 6.03 Å². The smallest absolute Gasteiger partial charge is 0.331 e. The molecule has 9 heteroatoms. The standard InChI is InChI=1S/C29H27N3O6/c1-19(33)30-23-9-11-24(12-10-23)38-18-22-16-21(8-13-26(22)37-2)17-25-27(34)31-29(36)32(28(25)35)15-14-20-6-4-3-5-7-20/h3-13,16-17H,14-15,18H2,1-2H3,(H,30,33)(H,31,34,36)/b25-17-. The van der Waals surface area contributed by atoms with E-state index in [4.69, 9.17) is 9.47 Å². The van der Waals surface area contributed by atoms with Gasteiger partial charge in [0.25, 0.3) is 11.8 Å². The lowest BCUT2D eigenvalue weighted by Gasteiger charge is -2.26. The second-order valence-electron chi connectivity index (χ2n) is 8.58. The molecule has 3 aromatic carbocycles. The highest BCUT2D eigenvalue weighted by molar-refractivity contribution is 6.31. The molecule has 3 aromatic rings. The van der Waals surface area contributed by atoms with Gasteiger partial charge in [0.2, 0.25) is 5.91 Å². The van der Waals surface area contributed by atoms with E-state index in [2.05, 4.69) is 10.6 Å². The molecule has 194 valence electrons. The number of hydrogen-bond acceptors (Lipinski definition) is 6. The van der Waals surface area contributed by atoms with Crippen LogP contribution in [0.1, 0.15) is 23.6 Å². The zero-order valence-electron chi connectivity index (χ0n) is 21.0. The molecule has 0 aliphatic carbocycles. The number of methoxy groups -OCH3 is 1. The van der Waals surface area contributed by atoms with Crippen molar-refractivity contribution >= 4 is 35.5 Å². The van der Waals surface area contributed by atoms with E-state index in [-0.39, 0.29) is 24.6 Å². The van der Waals surface area contributed by atoms with Crippen LogP contribution in [0.4, 0.5) is 10.5 Å². The van der Waals surface area contributed by atoms with Crippen molar-refractivity contribution < 1.29 is 28.7 Å². The van der Waals surface area contributed by atoms with Gasteiger partial charge in [-0.25, -0.2) is 4.79 Å². The first kappa shape index (κ1) is 26.2. The molecule has 1 fully saturated rings. The highest BCUT2D eigenvalue weighted by Gasteiger charge is 2.35. The van der Waals surface area contributed by atoms with Crippen molar-refractivity contribution in [3.05, 3.63) is 95.1 Å². The van der Waals surface area contributed by atoms with Crippen molar-refractivity contribution in [3.8, 4) is 11.5 Å². The van der Waals surface area contributed by atoms with Gasteiger partial charge in [0.05, 0.1) is 7.11 Å². The Morgan fingerprint density at radius 3 is 2.42 bits per heavy atom. The Hall–Kier alpha value is -4.92. The summed E-state index contributed by atoms with van der Waals surface area (Å²) in [5.74, 6) is -0.407. The van der Waals surface area contributed by atoms with E-state index in [0.29, 0.717) is 34.7 Å². The van der Waals surface area contributed by atoms with Crippen molar-refractivity contribution in [1.29, 1.82) is 0 Å². The average Bonchev–Trinajstić information content (AvgIpc) is 2.91. The number of hydrogen-bond donors (Lipinski definition) is 2. The SMILES string of the molecule is COc1ccc(/C=C2/C(=O)NC(=O)N(CCc3ccccc3)C2=O)cc1COc1ccc(NC(C)=O)cc1. The van der Waals surface area contributed by atoms with E-state index in [9.17, 15) is 19.2 Å². The number of nitrogens with zero attached hydrogens (tertiary/aromatic N) is 1. The normalized spacial score (nSPS) is 14.3. The number of barbiturate groups is 1. The minimum absolute atomic E-state index is 0.136. The van der Waals surface area contributed by atoms with E-state index in [1.54, 1.807) is 42.5 Å². The summed E-state index contributed by atoms with van der Waals surface area (Å²) in [7, 11) is 1.54. The first-order chi connectivity index (χ1) is 18.3. The van der Waals surface area contributed by atoms with E-state index in [0.717, 1.165) is 10.5 Å². The molecule has 0 radical (unpaired) electrons. The first-order valence-corrected chi connectivity index (χ1v) is 11.9. The van der Waals surface area contributed by atoms with E-state index >= 15 is 0 Å². The van der Waals surface area contributed by atoms with Crippen molar-refractivity contribution in [1.82, 2.24) is 10.2 Å². The predicted molar refractivity (Wildman–Crippen MR) is 141 cm³/mol. The molecule has 1 saturated heterocycles. The molecule has 1 heterocycles. The molecule has 1 aliphatic heterocycles. The molecule has 0 aromatic heterocycles. The summed E-state index contributed by atoms with van der Waals surface area (Å²) < 4.78 is 11.3. The fourth-order valence-electron chi connectivity index (χ4n) is 3.95. The topological polar surface area (TPSA) is 114 Å². The Labute approximate surface area is 220 Å². The van der Waals surface area contributed by atoms with Gasteiger partial charge < -0.3 is 14.8 Å². The fourth-order valence-corrected chi connectivity index (χ4v) is 3.95. The van der Waals surface area contributed by atoms with Crippen LogP contribution in [0.5, 0.6) is 11.5 Å². The van der Waals surface area contributed by atoms with E-state index < -0.39 is 17.8 Å². The van der Waals surface area contributed by atoms with Crippen molar-refractivity contribution in [3.63, 3.8) is 0 Å². The zero-order valence-corrected chi connectivity index (χ0v) is 21.0. The fraction of sp³-hybridized carbons (Fsp3) is 0.172. The number of carbonyl (C=O) groups is 4. The molecule has 0 unspecified atom stereocenters. The molecule has 0 bridgehead atoms. The molecule has 0 atom stereocenters. The lowest BCUT2D eigenvalue weighted by Crippen LogP contribution is -2.54. The zero-order chi connectivity index (χ0) is 27.1. The molecule has 0 spiro atoms. The summed E-state index contributed by atoms with van der Waals surface area (Å²) in [5.41, 5.74) is 2.75. The summed E-state index contributed by atoms with van der Waals surface area (Å²) >= 11 is 0. The summed E-state index contributed by atoms with van der Waals surface area (Å²) in [6.07, 6.45) is 1.92. The highest BCUT2D eigenvalue weighted by Crippen LogP contribution is 2.25. The lowest BCUT2D eigenvalue weighted by atomic mass is 10.0. The summed E-state index contributed by atoms with van der Waals surface area (Å²) in [5, 5.41) is 4.94. The number of anilines is 1. The number of carbonyl (C=O) groups excluding carboxylic acids is 4. The van der Waals surface area contributed by atoms with Gasteiger partial charge in [-0.1, -0.05) is 36.4 Å². The summed E-state index contributed by atoms with van der Waals surface area (Å²) in [6, 6.07) is 20.8. The van der Waals surface area contributed by atoms with Crippen molar-refractivity contribution in [2.45, 2.75) is 20.0 Å². The first-order valence-electron chi connectivity index (χ1n) is 11.9. The number of amides is 5. The number of benzene rings is 3. The molecular formula is C29H27N3O6. The number of nitrogens with one attached hydrogen (secondary N) is 2. The molecule has 0 saturated carbocycles. The number of imide groups is 2. The Bertz CT molecular complexity index is 1380. The Morgan fingerprint density at radius 2 is 1.74 bits per heavy atom. The van der Waals surface area contributed by atoms with Crippen LogP contribution in [-0.2, 0) is 27.4 Å². The number of ether oxygens (including phenoxy) is 2. The van der Waals surface area contributed by atoms with Crippen LogP contribution in [0.3, 0.4) is 0 Å². The monoisotopic (exact) mass is 513 g/mol. The largest absolute Gasteiger partial charge is 0.496 e. The van der Waals surface area contributed by atoms with Crippen LogP contribution in [0.15, 0.2) is 78.4 Å². The number of urea groups is 1. The van der Waals surface area contributed by atoms with Crippen molar-refractivity contribution in [2.24, 2.45) is 0 Å². The maximum Gasteiger partial charge on any atom is 0.331 e. The van der Waals surface area contributed by atoms with Crippen LogP contribution < -0.4 is 20.1 Å². The van der Waals surface area contributed by atoms with Gasteiger partial charge in [0, 0.05) is 24.7 Å². The number of rotatable bonds is 9. The molecule has 2 N–H and O–H groups in total. The van der Waals surface area contributed by atoms with Gasteiger partial charge in [-0.2, -0.15) is 0 Å². The summed E-state index contributed by atoms with van der Waals surface area (Å²) in [4.78, 5) is 50.2. The Kier molecular flexibility index (Phi) is 8.17. The van der Waals surface area contributed by atoms with Crippen LogP contribution in [-0.4, -0.2) is 42.3 Å². The molecule has 4 rings (SSSR count). The van der Waals surface area contributed by atoms with Gasteiger partial charge in [-0.05, 0) is 60.0 Å². The van der Waals surface area contributed by atoms with Crippen LogP contribution >= 0.6 is 0 Å². The molecule has 1 aliphatic rings. The van der Waals surface area contributed by atoms with Gasteiger partial charge in [0.15, 0.2) is 0 Å². The van der Waals surface area contributed by atoms with E-state index in [1.807, 2.05) is 30.3 Å². The second kappa shape index (κ2) is 11.9. The highest BCUT2D eigenvalue weighted by atomic mass is 16.5. The minimum Gasteiger partial charge on any atom is -0.496 e. The lowest BCUT2D eigenvalue weighted by molar-refractivity contribution is -0.130. The Balaban J connectivity index is 1.50. The molecule has 38 heavy (non-hydrogen) atoms. The summed E-state index contributed by atoms with van der Waals surface area (Å²) in [6.45, 7) is 1.73. The van der Waals surface area contributed by atoms with Crippen LogP contribution in [0.25, 0.3) is 6.08 Å².